The van der Waals surface area contributed by atoms with Crippen molar-refractivity contribution in [2.45, 2.75) is 12.0 Å². The van der Waals surface area contributed by atoms with E-state index >= 15 is 0 Å². The summed E-state index contributed by atoms with van der Waals surface area (Å²) in [6, 6.07) is 10.4. The Kier molecular flexibility index (Phi) is 4.05. The van der Waals surface area contributed by atoms with Crippen molar-refractivity contribution in [3.8, 4) is 11.5 Å². The summed E-state index contributed by atoms with van der Waals surface area (Å²) in [5.41, 5.74) is -0.223. The van der Waals surface area contributed by atoms with Gasteiger partial charge in [-0.1, -0.05) is 28.1 Å². The first kappa shape index (κ1) is 16.8. The summed E-state index contributed by atoms with van der Waals surface area (Å²) in [5, 5.41) is 13.4. The molecule has 1 unspecified atom stereocenters. The Morgan fingerprint density at radius 3 is 2.88 bits per heavy atom. The number of ether oxygens (including phenoxy) is 2. The van der Waals surface area contributed by atoms with Gasteiger partial charge >= 0.3 is 0 Å². The summed E-state index contributed by atoms with van der Waals surface area (Å²) in [6.07, 6.45) is 2.62. The van der Waals surface area contributed by atoms with Crippen LogP contribution in [0.25, 0.3) is 6.08 Å². The van der Waals surface area contributed by atoms with Gasteiger partial charge in [-0.3, -0.25) is 9.59 Å². The zero-order valence-corrected chi connectivity index (χ0v) is 15.1. The van der Waals surface area contributed by atoms with E-state index in [-0.39, 0.29) is 19.0 Å². The van der Waals surface area contributed by atoms with Crippen molar-refractivity contribution in [2.75, 3.05) is 12.1 Å². The quantitative estimate of drug-likeness (QED) is 0.749. The maximum Gasteiger partial charge on any atom is 0.261 e. The van der Waals surface area contributed by atoms with Gasteiger partial charge in [-0.15, -0.1) is 0 Å². The fourth-order valence-electron chi connectivity index (χ4n) is 3.01. The molecule has 0 fully saturated rings. The van der Waals surface area contributed by atoms with E-state index in [4.69, 9.17) is 9.47 Å². The average molecular weight is 416 g/mol. The van der Waals surface area contributed by atoms with E-state index in [1.54, 1.807) is 42.5 Å². The van der Waals surface area contributed by atoms with E-state index in [0.29, 0.717) is 22.7 Å². The van der Waals surface area contributed by atoms with Crippen LogP contribution in [0.15, 0.2) is 46.9 Å². The standard InChI is InChI=1S/C19H14BrNO5/c20-12-3-5-15-14(8-12)19(24,18(23)21-15)9-13(22)4-1-11-2-6-16-17(7-11)26-10-25-16/h1-8,24H,9-10H2,(H,21,23). The molecule has 0 aliphatic carbocycles. The number of carbonyl (C=O) groups excluding carboxylic acids is 2. The Morgan fingerprint density at radius 2 is 2.04 bits per heavy atom. The predicted molar refractivity (Wildman–Crippen MR) is 97.9 cm³/mol. The van der Waals surface area contributed by atoms with Crippen LogP contribution in [-0.4, -0.2) is 23.6 Å². The van der Waals surface area contributed by atoms with E-state index in [2.05, 4.69) is 21.2 Å². The molecular weight excluding hydrogens is 402 g/mol. The zero-order valence-electron chi connectivity index (χ0n) is 13.5. The number of aliphatic hydroxyl groups is 1. The molecule has 6 nitrogen and oxygen atoms in total. The highest BCUT2D eigenvalue weighted by Crippen LogP contribution is 2.40. The minimum Gasteiger partial charge on any atom is -0.454 e. The van der Waals surface area contributed by atoms with Gasteiger partial charge in [0.25, 0.3) is 5.91 Å². The van der Waals surface area contributed by atoms with Crippen molar-refractivity contribution in [3.63, 3.8) is 0 Å². The maximum atomic E-state index is 12.4. The molecule has 2 N–H and O–H groups in total. The molecule has 0 aromatic heterocycles. The van der Waals surface area contributed by atoms with Crippen LogP contribution >= 0.6 is 15.9 Å². The number of hydrogen-bond donors (Lipinski definition) is 2. The molecule has 0 saturated carbocycles. The smallest absolute Gasteiger partial charge is 0.261 e. The van der Waals surface area contributed by atoms with Crippen LogP contribution in [0.5, 0.6) is 11.5 Å². The molecule has 132 valence electrons. The minimum absolute atomic E-state index is 0.179. The summed E-state index contributed by atoms with van der Waals surface area (Å²) in [7, 11) is 0. The van der Waals surface area contributed by atoms with Gasteiger partial charge < -0.3 is 19.9 Å². The Balaban J connectivity index is 1.53. The number of carbonyl (C=O) groups is 2. The summed E-state index contributed by atoms with van der Waals surface area (Å²) >= 11 is 3.32. The van der Waals surface area contributed by atoms with Crippen LogP contribution < -0.4 is 14.8 Å². The van der Waals surface area contributed by atoms with Crippen molar-refractivity contribution in [1.82, 2.24) is 0 Å². The van der Waals surface area contributed by atoms with Crippen LogP contribution in [0, 0.1) is 0 Å². The minimum atomic E-state index is -1.88. The lowest BCUT2D eigenvalue weighted by atomic mass is 9.90. The van der Waals surface area contributed by atoms with Crippen LogP contribution in [0.4, 0.5) is 5.69 Å². The average Bonchev–Trinajstić information content (AvgIpc) is 3.17. The second kappa shape index (κ2) is 6.26. The van der Waals surface area contributed by atoms with Crippen LogP contribution in [0.1, 0.15) is 17.5 Å². The van der Waals surface area contributed by atoms with Gasteiger partial charge in [-0.2, -0.15) is 0 Å². The molecule has 2 aliphatic heterocycles. The maximum absolute atomic E-state index is 12.4. The molecule has 2 aromatic rings. The Labute approximate surface area is 157 Å². The largest absolute Gasteiger partial charge is 0.454 e. The van der Waals surface area contributed by atoms with Gasteiger partial charge in [-0.05, 0) is 42.0 Å². The van der Waals surface area contributed by atoms with Crippen molar-refractivity contribution >= 4 is 39.4 Å². The van der Waals surface area contributed by atoms with Gasteiger partial charge in [0.2, 0.25) is 6.79 Å². The Morgan fingerprint density at radius 1 is 1.23 bits per heavy atom. The number of benzene rings is 2. The number of ketones is 1. The molecular formula is C19H14BrNO5. The fraction of sp³-hybridized carbons (Fsp3) is 0.158. The monoisotopic (exact) mass is 415 g/mol. The molecule has 1 atom stereocenters. The molecule has 2 heterocycles. The van der Waals surface area contributed by atoms with E-state index in [1.807, 2.05) is 0 Å². The molecule has 0 bridgehead atoms. The number of rotatable bonds is 4. The molecule has 26 heavy (non-hydrogen) atoms. The molecule has 0 radical (unpaired) electrons. The first-order valence-corrected chi connectivity index (χ1v) is 8.69. The van der Waals surface area contributed by atoms with Crippen LogP contribution in [0.3, 0.4) is 0 Å². The lowest BCUT2D eigenvalue weighted by molar-refractivity contribution is -0.138. The van der Waals surface area contributed by atoms with Gasteiger partial charge in [-0.25, -0.2) is 0 Å². The third-order valence-corrected chi connectivity index (χ3v) is 4.83. The fourth-order valence-corrected chi connectivity index (χ4v) is 3.37. The van der Waals surface area contributed by atoms with Gasteiger partial charge in [0.15, 0.2) is 22.9 Å². The number of fused-ring (bicyclic) bond motifs is 2. The second-order valence-electron chi connectivity index (χ2n) is 6.09. The summed E-state index contributed by atoms with van der Waals surface area (Å²) in [6.45, 7) is 0.179. The molecule has 4 rings (SSSR count). The third-order valence-electron chi connectivity index (χ3n) is 4.34. The highest BCUT2D eigenvalue weighted by atomic mass is 79.9. The predicted octanol–water partition coefficient (Wildman–Crippen LogP) is 2.99. The lowest BCUT2D eigenvalue weighted by Crippen LogP contribution is -2.36. The second-order valence-corrected chi connectivity index (χ2v) is 7.01. The molecule has 0 saturated heterocycles. The number of amides is 1. The van der Waals surface area contributed by atoms with Crippen molar-refractivity contribution in [2.24, 2.45) is 0 Å². The van der Waals surface area contributed by atoms with E-state index < -0.39 is 11.5 Å². The lowest BCUT2D eigenvalue weighted by Gasteiger charge is -2.19. The summed E-state index contributed by atoms with van der Waals surface area (Å²) in [4.78, 5) is 24.6. The first-order chi connectivity index (χ1) is 12.5. The van der Waals surface area contributed by atoms with Gasteiger partial charge in [0, 0.05) is 15.7 Å². The highest BCUT2D eigenvalue weighted by Gasteiger charge is 2.46. The molecule has 7 heteroatoms. The summed E-state index contributed by atoms with van der Waals surface area (Å²) < 4.78 is 11.3. The molecule has 2 aromatic carbocycles. The Bertz CT molecular complexity index is 955. The van der Waals surface area contributed by atoms with E-state index in [0.717, 1.165) is 10.0 Å². The molecule has 0 spiro atoms. The first-order valence-electron chi connectivity index (χ1n) is 7.90. The zero-order chi connectivity index (χ0) is 18.3. The van der Waals surface area contributed by atoms with Crippen molar-refractivity contribution < 1.29 is 24.2 Å². The number of anilines is 1. The molecule has 2 aliphatic rings. The van der Waals surface area contributed by atoms with Gasteiger partial charge in [0.1, 0.15) is 0 Å². The van der Waals surface area contributed by atoms with E-state index in [9.17, 15) is 14.7 Å². The van der Waals surface area contributed by atoms with E-state index in [1.165, 1.54) is 6.08 Å². The Hall–Kier alpha value is -2.64. The number of nitrogens with one attached hydrogen (secondary N) is 1. The summed E-state index contributed by atoms with van der Waals surface area (Å²) in [5.74, 6) is 0.309. The number of allylic oxidation sites excluding steroid dienone is 1. The van der Waals surface area contributed by atoms with Crippen LogP contribution in [-0.2, 0) is 15.2 Å². The molecule has 1 amide bonds. The number of halogens is 1. The van der Waals surface area contributed by atoms with Gasteiger partial charge in [0.05, 0.1) is 6.42 Å². The number of hydrogen-bond acceptors (Lipinski definition) is 5. The highest BCUT2D eigenvalue weighted by molar-refractivity contribution is 9.10. The van der Waals surface area contributed by atoms with Crippen LogP contribution in [0.2, 0.25) is 0 Å². The third kappa shape index (κ3) is 2.89. The van der Waals surface area contributed by atoms with Crippen molar-refractivity contribution in [1.29, 1.82) is 0 Å². The normalized spacial score (nSPS) is 20.3. The topological polar surface area (TPSA) is 84.9 Å². The van der Waals surface area contributed by atoms with Crippen molar-refractivity contribution in [3.05, 3.63) is 58.1 Å². The SMILES string of the molecule is O=C(C=Cc1ccc2c(c1)OCO2)CC1(O)C(=O)Nc2ccc(Br)cc21.